The zero-order chi connectivity index (χ0) is 19.1. The van der Waals surface area contributed by atoms with E-state index in [1.165, 1.54) is 15.6 Å². The van der Waals surface area contributed by atoms with E-state index in [9.17, 15) is 9.18 Å². The Kier molecular flexibility index (Phi) is 4.74. The molecule has 2 aromatic carbocycles. The topological polar surface area (TPSA) is 51.0 Å². The van der Waals surface area contributed by atoms with E-state index in [0.717, 1.165) is 18.4 Å². The Hall–Kier alpha value is -2.25. The largest absolute Gasteiger partial charge is 0.302 e. The lowest BCUT2D eigenvalue weighted by atomic mass is 10.0. The molecule has 0 unspecified atom stereocenters. The number of hydrogen-bond acceptors (Lipinski definition) is 3. The molecule has 0 N–H and O–H groups in total. The molecule has 0 saturated heterocycles. The van der Waals surface area contributed by atoms with E-state index < -0.39 is 11.7 Å². The fourth-order valence-electron chi connectivity index (χ4n) is 3.31. The Labute approximate surface area is 168 Å². The molecular formula is C19H15BrClFN4O. The number of para-hydroxylation sites is 1. The molecule has 2 heterocycles. The van der Waals surface area contributed by atoms with Gasteiger partial charge in [-0.1, -0.05) is 39.7 Å². The normalized spacial score (nSPS) is 13.6. The predicted octanol–water partition coefficient (Wildman–Crippen LogP) is 4.72. The maximum atomic E-state index is 14.6. The fraction of sp³-hybridized carbons (Fsp3) is 0.211. The van der Waals surface area contributed by atoms with Gasteiger partial charge in [-0.3, -0.25) is 4.79 Å². The summed E-state index contributed by atoms with van der Waals surface area (Å²) in [5.74, 6) is -0.316. The number of fused-ring (bicyclic) bond motifs is 1. The molecule has 1 amide bonds. The van der Waals surface area contributed by atoms with Gasteiger partial charge in [0.25, 0.3) is 5.91 Å². The van der Waals surface area contributed by atoms with Crippen LogP contribution in [0.1, 0.15) is 28.4 Å². The smallest absolute Gasteiger partial charge is 0.298 e. The maximum absolute atomic E-state index is 14.6. The number of carbonyl (C=O) groups is 1. The third-order valence-electron chi connectivity index (χ3n) is 4.49. The van der Waals surface area contributed by atoms with Crippen molar-refractivity contribution in [2.75, 3.05) is 11.4 Å². The van der Waals surface area contributed by atoms with Crippen LogP contribution in [-0.4, -0.2) is 27.2 Å². The molecule has 0 saturated carbocycles. The van der Waals surface area contributed by atoms with Gasteiger partial charge in [0.05, 0.1) is 16.4 Å². The second kappa shape index (κ2) is 7.05. The first kappa shape index (κ1) is 18.1. The van der Waals surface area contributed by atoms with Crippen LogP contribution >= 0.6 is 27.5 Å². The number of benzene rings is 2. The van der Waals surface area contributed by atoms with Crippen LogP contribution in [0.2, 0.25) is 5.02 Å². The van der Waals surface area contributed by atoms with Gasteiger partial charge >= 0.3 is 0 Å². The lowest BCUT2D eigenvalue weighted by Crippen LogP contribution is -2.37. The van der Waals surface area contributed by atoms with Crippen LogP contribution in [0.5, 0.6) is 0 Å². The average Bonchev–Trinajstić information content (AvgIpc) is 3.02. The Morgan fingerprint density at radius 3 is 2.85 bits per heavy atom. The number of halogens is 3. The van der Waals surface area contributed by atoms with Crippen molar-refractivity contribution in [2.45, 2.75) is 19.8 Å². The number of aromatic nitrogens is 3. The molecule has 5 nitrogen and oxygen atoms in total. The second-order valence-electron chi connectivity index (χ2n) is 6.30. The SMILES string of the molecule is Cc1nc(C(=O)N2CCCc3cc(Br)cc(F)c32)nn1-c1ccccc1Cl. The van der Waals surface area contributed by atoms with Gasteiger partial charge in [0.15, 0.2) is 0 Å². The summed E-state index contributed by atoms with van der Waals surface area (Å²) in [5.41, 5.74) is 1.74. The van der Waals surface area contributed by atoms with Crippen LogP contribution in [0.3, 0.4) is 0 Å². The summed E-state index contributed by atoms with van der Waals surface area (Å²) in [5, 5.41) is 4.84. The Morgan fingerprint density at radius 2 is 2.07 bits per heavy atom. The molecule has 1 aliphatic heterocycles. The van der Waals surface area contributed by atoms with Crippen molar-refractivity contribution < 1.29 is 9.18 Å². The Bertz CT molecular complexity index is 1050. The summed E-state index contributed by atoms with van der Waals surface area (Å²) in [7, 11) is 0. The molecule has 1 aliphatic rings. The van der Waals surface area contributed by atoms with Crippen molar-refractivity contribution >= 4 is 39.1 Å². The maximum Gasteiger partial charge on any atom is 0.298 e. The minimum Gasteiger partial charge on any atom is -0.302 e. The fourth-order valence-corrected chi connectivity index (χ4v) is 4.00. The lowest BCUT2D eigenvalue weighted by Gasteiger charge is -2.29. The zero-order valence-corrected chi connectivity index (χ0v) is 16.8. The third-order valence-corrected chi connectivity index (χ3v) is 5.27. The molecule has 1 aromatic heterocycles. The van der Waals surface area contributed by atoms with Crippen molar-refractivity contribution in [1.82, 2.24) is 14.8 Å². The molecule has 0 radical (unpaired) electrons. The molecular weight excluding hydrogens is 435 g/mol. The summed E-state index contributed by atoms with van der Waals surface area (Å²) in [4.78, 5) is 18.8. The quantitative estimate of drug-likeness (QED) is 0.569. The first-order valence-electron chi connectivity index (χ1n) is 8.44. The van der Waals surface area contributed by atoms with E-state index >= 15 is 0 Å². The van der Waals surface area contributed by atoms with Crippen molar-refractivity contribution in [3.8, 4) is 5.69 Å². The molecule has 0 bridgehead atoms. The van der Waals surface area contributed by atoms with E-state index in [2.05, 4.69) is 26.0 Å². The van der Waals surface area contributed by atoms with E-state index in [4.69, 9.17) is 11.6 Å². The van der Waals surface area contributed by atoms with Crippen LogP contribution in [-0.2, 0) is 6.42 Å². The third kappa shape index (κ3) is 3.26. The monoisotopic (exact) mass is 448 g/mol. The molecule has 0 aliphatic carbocycles. The highest BCUT2D eigenvalue weighted by molar-refractivity contribution is 9.10. The van der Waals surface area contributed by atoms with Crippen molar-refractivity contribution in [1.29, 1.82) is 0 Å². The zero-order valence-electron chi connectivity index (χ0n) is 14.4. The van der Waals surface area contributed by atoms with Gasteiger partial charge in [-0.15, -0.1) is 5.10 Å². The van der Waals surface area contributed by atoms with E-state index in [-0.39, 0.29) is 5.82 Å². The van der Waals surface area contributed by atoms with Gasteiger partial charge < -0.3 is 4.90 Å². The minimum atomic E-state index is -0.435. The lowest BCUT2D eigenvalue weighted by molar-refractivity contribution is 0.0974. The summed E-state index contributed by atoms with van der Waals surface area (Å²) >= 11 is 9.54. The van der Waals surface area contributed by atoms with Crippen LogP contribution < -0.4 is 4.90 Å². The van der Waals surface area contributed by atoms with Gasteiger partial charge in [-0.05, 0) is 49.6 Å². The highest BCUT2D eigenvalue weighted by Crippen LogP contribution is 2.33. The molecule has 8 heteroatoms. The summed E-state index contributed by atoms with van der Waals surface area (Å²) in [6, 6.07) is 10.4. The summed E-state index contributed by atoms with van der Waals surface area (Å²) in [6.07, 6.45) is 1.47. The molecule has 3 aromatic rings. The average molecular weight is 450 g/mol. The van der Waals surface area contributed by atoms with E-state index in [1.807, 2.05) is 18.2 Å². The molecule has 138 valence electrons. The van der Waals surface area contributed by atoms with Crippen LogP contribution in [0.15, 0.2) is 40.9 Å². The van der Waals surface area contributed by atoms with E-state index in [0.29, 0.717) is 33.2 Å². The van der Waals surface area contributed by atoms with Crippen LogP contribution in [0, 0.1) is 12.7 Å². The molecule has 0 atom stereocenters. The number of hydrogen-bond donors (Lipinski definition) is 0. The van der Waals surface area contributed by atoms with Crippen molar-refractivity contribution in [3.63, 3.8) is 0 Å². The standard InChI is InChI=1S/C19H15BrClFN4O/c1-11-23-18(24-26(11)16-7-3-2-6-14(16)21)19(27)25-8-4-5-12-9-13(20)10-15(22)17(12)25/h2-3,6-7,9-10H,4-5,8H2,1H3. The summed E-state index contributed by atoms with van der Waals surface area (Å²) < 4.78 is 16.8. The second-order valence-corrected chi connectivity index (χ2v) is 7.62. The first-order chi connectivity index (χ1) is 13.0. The molecule has 4 rings (SSSR count). The van der Waals surface area contributed by atoms with Gasteiger partial charge in [0.2, 0.25) is 5.82 Å². The highest BCUT2D eigenvalue weighted by Gasteiger charge is 2.30. The predicted molar refractivity (Wildman–Crippen MR) is 105 cm³/mol. The molecule has 0 spiro atoms. The van der Waals surface area contributed by atoms with Crippen LogP contribution in [0.4, 0.5) is 10.1 Å². The number of nitrogens with zero attached hydrogens (tertiary/aromatic N) is 4. The van der Waals surface area contributed by atoms with Gasteiger partial charge in [0.1, 0.15) is 11.6 Å². The Balaban J connectivity index is 1.74. The Morgan fingerprint density at radius 1 is 1.30 bits per heavy atom. The van der Waals surface area contributed by atoms with Crippen molar-refractivity contribution in [2.24, 2.45) is 0 Å². The van der Waals surface area contributed by atoms with Crippen LogP contribution in [0.25, 0.3) is 5.69 Å². The highest BCUT2D eigenvalue weighted by atomic mass is 79.9. The van der Waals surface area contributed by atoms with Gasteiger partial charge in [-0.2, -0.15) is 0 Å². The number of amides is 1. The number of rotatable bonds is 2. The molecule has 0 fully saturated rings. The first-order valence-corrected chi connectivity index (χ1v) is 9.61. The molecule has 27 heavy (non-hydrogen) atoms. The number of aryl methyl sites for hydroxylation is 2. The van der Waals surface area contributed by atoms with E-state index in [1.54, 1.807) is 19.1 Å². The number of carbonyl (C=O) groups excluding carboxylic acids is 1. The minimum absolute atomic E-state index is 0.0163. The van der Waals surface area contributed by atoms with Crippen molar-refractivity contribution in [3.05, 3.63) is 68.9 Å². The summed E-state index contributed by atoms with van der Waals surface area (Å²) in [6.45, 7) is 2.17. The number of anilines is 1. The van der Waals surface area contributed by atoms with Gasteiger partial charge in [0, 0.05) is 11.0 Å². The van der Waals surface area contributed by atoms with Gasteiger partial charge in [-0.25, -0.2) is 14.1 Å².